The quantitative estimate of drug-likeness (QED) is 0.421. The lowest BCUT2D eigenvalue weighted by Gasteiger charge is -2.38. The Labute approximate surface area is 118 Å². The van der Waals surface area contributed by atoms with Crippen molar-refractivity contribution < 1.29 is 14.0 Å². The Balaban J connectivity index is 2.67. The fourth-order valence-electron chi connectivity index (χ4n) is 2.43. The Kier molecular flexibility index (Phi) is 5.39. The molecule has 0 N–H and O–H groups in total. The molecule has 3 atom stereocenters. The van der Waals surface area contributed by atoms with Gasteiger partial charge in [-0.15, -0.1) is 6.58 Å². The summed E-state index contributed by atoms with van der Waals surface area (Å²) in [6.45, 7) is 15.6. The summed E-state index contributed by atoms with van der Waals surface area (Å²) in [6.07, 6.45) is 4.79. The Bertz CT molecular complexity index is 302. The monoisotopic (exact) mass is 284 g/mol. The van der Waals surface area contributed by atoms with E-state index in [1.807, 2.05) is 6.08 Å². The SMILES string of the molecule is C=CC[C@H]1C[C@H](O[Si](C)(C)C(C)(C)C)C[C@H]1OC=O. The average molecular weight is 284 g/mol. The van der Waals surface area contributed by atoms with Crippen LogP contribution in [-0.2, 0) is 14.0 Å². The molecule has 0 aromatic carbocycles. The molecule has 0 aromatic heterocycles. The highest BCUT2D eigenvalue weighted by molar-refractivity contribution is 6.74. The first-order chi connectivity index (χ1) is 8.71. The molecule has 1 rings (SSSR count). The summed E-state index contributed by atoms with van der Waals surface area (Å²) in [7, 11) is -1.74. The highest BCUT2D eigenvalue weighted by Crippen LogP contribution is 2.41. The number of hydrogen-bond acceptors (Lipinski definition) is 3. The van der Waals surface area contributed by atoms with E-state index in [9.17, 15) is 4.79 Å². The Morgan fingerprint density at radius 3 is 2.42 bits per heavy atom. The van der Waals surface area contributed by atoms with Gasteiger partial charge in [-0.05, 0) is 31.0 Å². The van der Waals surface area contributed by atoms with Crippen molar-refractivity contribution in [3.63, 3.8) is 0 Å². The van der Waals surface area contributed by atoms with Crippen LogP contribution in [-0.4, -0.2) is 27.0 Å². The molecule has 0 unspecified atom stereocenters. The summed E-state index contributed by atoms with van der Waals surface area (Å²) in [5.41, 5.74) is 0. The molecule has 3 nitrogen and oxygen atoms in total. The normalized spacial score (nSPS) is 28.2. The average Bonchev–Trinajstić information content (AvgIpc) is 2.59. The summed E-state index contributed by atoms with van der Waals surface area (Å²) >= 11 is 0. The number of rotatable bonds is 6. The Hall–Kier alpha value is -0.613. The molecule has 0 spiro atoms. The van der Waals surface area contributed by atoms with Crippen molar-refractivity contribution in [1.82, 2.24) is 0 Å². The highest BCUT2D eigenvalue weighted by Gasteiger charge is 2.43. The Morgan fingerprint density at radius 1 is 1.32 bits per heavy atom. The van der Waals surface area contributed by atoms with Crippen LogP contribution in [0.4, 0.5) is 0 Å². The maximum absolute atomic E-state index is 10.6. The lowest BCUT2D eigenvalue weighted by atomic mass is 10.0. The van der Waals surface area contributed by atoms with Crippen LogP contribution in [0.15, 0.2) is 12.7 Å². The first kappa shape index (κ1) is 16.4. The van der Waals surface area contributed by atoms with Gasteiger partial charge >= 0.3 is 0 Å². The topological polar surface area (TPSA) is 35.5 Å². The molecule has 1 saturated carbocycles. The van der Waals surface area contributed by atoms with Gasteiger partial charge in [0.15, 0.2) is 8.32 Å². The number of allylic oxidation sites excluding steroid dienone is 1. The lowest BCUT2D eigenvalue weighted by Crippen LogP contribution is -2.43. The van der Waals surface area contributed by atoms with E-state index in [4.69, 9.17) is 9.16 Å². The first-order valence-corrected chi connectivity index (χ1v) is 10.00. The van der Waals surface area contributed by atoms with Gasteiger partial charge in [-0.25, -0.2) is 0 Å². The van der Waals surface area contributed by atoms with Crippen LogP contribution < -0.4 is 0 Å². The standard InChI is InChI=1S/C15H28O3Si/c1-7-8-12-9-13(10-14(12)17-11-16)18-19(5,6)15(2,3)4/h7,11-14H,1,8-10H2,2-6H3/t12-,13-,14+/m0/s1. The van der Waals surface area contributed by atoms with E-state index in [2.05, 4.69) is 40.4 Å². The van der Waals surface area contributed by atoms with Crippen molar-refractivity contribution in [2.24, 2.45) is 5.92 Å². The lowest BCUT2D eigenvalue weighted by molar-refractivity contribution is -0.135. The predicted molar refractivity (Wildman–Crippen MR) is 80.5 cm³/mol. The number of hydrogen-bond donors (Lipinski definition) is 0. The van der Waals surface area contributed by atoms with E-state index in [0.29, 0.717) is 12.4 Å². The minimum atomic E-state index is -1.74. The van der Waals surface area contributed by atoms with E-state index in [1.165, 1.54) is 0 Å². The molecular formula is C15H28O3Si. The van der Waals surface area contributed by atoms with Gasteiger partial charge in [0, 0.05) is 18.4 Å². The summed E-state index contributed by atoms with van der Waals surface area (Å²) in [4.78, 5) is 10.6. The number of carbonyl (C=O) groups is 1. The molecule has 0 aliphatic heterocycles. The van der Waals surface area contributed by atoms with E-state index >= 15 is 0 Å². The third-order valence-corrected chi connectivity index (χ3v) is 9.09. The zero-order valence-electron chi connectivity index (χ0n) is 12.9. The fraction of sp³-hybridized carbons (Fsp3) is 0.800. The smallest absolute Gasteiger partial charge is 0.293 e. The molecule has 0 heterocycles. The van der Waals surface area contributed by atoms with E-state index in [-0.39, 0.29) is 17.2 Å². The predicted octanol–water partition coefficient (Wildman–Crippen LogP) is 3.90. The maximum atomic E-state index is 10.6. The summed E-state index contributed by atoms with van der Waals surface area (Å²) in [5.74, 6) is 0.359. The molecule has 110 valence electrons. The van der Waals surface area contributed by atoms with Crippen molar-refractivity contribution in [3.8, 4) is 0 Å². The van der Waals surface area contributed by atoms with Crippen molar-refractivity contribution in [1.29, 1.82) is 0 Å². The summed E-state index contributed by atoms with van der Waals surface area (Å²) in [5, 5.41) is 0.213. The molecule has 1 aliphatic rings. The molecule has 0 radical (unpaired) electrons. The molecule has 1 fully saturated rings. The largest absolute Gasteiger partial charge is 0.464 e. The van der Waals surface area contributed by atoms with Crippen LogP contribution in [0, 0.1) is 5.92 Å². The van der Waals surface area contributed by atoms with Gasteiger partial charge in [-0.2, -0.15) is 0 Å². The molecule has 0 bridgehead atoms. The molecule has 0 saturated heterocycles. The second-order valence-corrected chi connectivity index (χ2v) is 11.8. The third-order valence-electron chi connectivity index (χ3n) is 4.55. The van der Waals surface area contributed by atoms with Gasteiger partial charge in [0.25, 0.3) is 6.47 Å². The van der Waals surface area contributed by atoms with Gasteiger partial charge in [-0.1, -0.05) is 26.8 Å². The van der Waals surface area contributed by atoms with E-state index < -0.39 is 8.32 Å². The third kappa shape index (κ3) is 4.18. The van der Waals surface area contributed by atoms with Crippen molar-refractivity contribution >= 4 is 14.8 Å². The van der Waals surface area contributed by atoms with Crippen molar-refractivity contribution in [3.05, 3.63) is 12.7 Å². The van der Waals surface area contributed by atoms with Crippen molar-refractivity contribution in [2.75, 3.05) is 0 Å². The van der Waals surface area contributed by atoms with Gasteiger partial charge in [0.1, 0.15) is 6.10 Å². The first-order valence-electron chi connectivity index (χ1n) is 7.09. The van der Waals surface area contributed by atoms with Crippen molar-refractivity contribution in [2.45, 2.75) is 70.4 Å². The highest BCUT2D eigenvalue weighted by atomic mass is 28.4. The molecule has 19 heavy (non-hydrogen) atoms. The van der Waals surface area contributed by atoms with Crippen LogP contribution in [0.3, 0.4) is 0 Å². The number of carbonyl (C=O) groups excluding carboxylic acids is 1. The molecule has 4 heteroatoms. The van der Waals surface area contributed by atoms with E-state index in [1.54, 1.807) is 0 Å². The van der Waals surface area contributed by atoms with Crippen LogP contribution >= 0.6 is 0 Å². The van der Waals surface area contributed by atoms with Crippen LogP contribution in [0.2, 0.25) is 18.1 Å². The maximum Gasteiger partial charge on any atom is 0.293 e. The van der Waals surface area contributed by atoms with Crippen LogP contribution in [0.5, 0.6) is 0 Å². The minimum Gasteiger partial charge on any atom is -0.464 e. The van der Waals surface area contributed by atoms with Gasteiger partial charge in [-0.3, -0.25) is 4.79 Å². The van der Waals surface area contributed by atoms with Crippen LogP contribution in [0.25, 0.3) is 0 Å². The Morgan fingerprint density at radius 2 is 1.95 bits per heavy atom. The zero-order chi connectivity index (χ0) is 14.7. The molecule has 0 aromatic rings. The fourth-order valence-corrected chi connectivity index (χ4v) is 3.81. The van der Waals surface area contributed by atoms with E-state index in [0.717, 1.165) is 19.3 Å². The van der Waals surface area contributed by atoms with Gasteiger partial charge < -0.3 is 9.16 Å². The second kappa shape index (κ2) is 6.22. The second-order valence-electron chi connectivity index (χ2n) is 7.03. The van der Waals surface area contributed by atoms with Gasteiger partial charge in [0.2, 0.25) is 0 Å². The number of ether oxygens (including phenoxy) is 1. The molecule has 0 amide bonds. The zero-order valence-corrected chi connectivity index (χ0v) is 13.9. The van der Waals surface area contributed by atoms with Crippen LogP contribution in [0.1, 0.15) is 40.0 Å². The minimum absolute atomic E-state index is 0.00901. The summed E-state index contributed by atoms with van der Waals surface area (Å²) < 4.78 is 11.6. The summed E-state index contributed by atoms with van der Waals surface area (Å²) in [6, 6.07) is 0. The van der Waals surface area contributed by atoms with Gasteiger partial charge in [0.05, 0.1) is 0 Å². The molecule has 1 aliphatic carbocycles. The molecular weight excluding hydrogens is 256 g/mol.